The van der Waals surface area contributed by atoms with Gasteiger partial charge >= 0.3 is 11.4 Å². The van der Waals surface area contributed by atoms with Gasteiger partial charge in [0.1, 0.15) is 11.6 Å². The van der Waals surface area contributed by atoms with E-state index in [1.54, 1.807) is 57.4 Å². The van der Waals surface area contributed by atoms with Gasteiger partial charge < -0.3 is 10.1 Å². The van der Waals surface area contributed by atoms with E-state index in [1.165, 1.54) is 16.7 Å². The van der Waals surface area contributed by atoms with E-state index < -0.39 is 11.4 Å². The smallest absolute Gasteiger partial charge is 0.355 e. The number of aromatic nitrogens is 3. The zero-order valence-corrected chi connectivity index (χ0v) is 15.8. The zero-order valence-electron chi connectivity index (χ0n) is 15.8. The molecule has 0 saturated heterocycles. The predicted octanol–water partition coefficient (Wildman–Crippen LogP) is 2.93. The highest BCUT2D eigenvalue weighted by molar-refractivity contribution is 5.54. The van der Waals surface area contributed by atoms with Crippen LogP contribution < -0.4 is 21.4 Å². The number of hydrogen-bond donors (Lipinski definition) is 1. The second kappa shape index (κ2) is 8.08. The fourth-order valence-corrected chi connectivity index (χ4v) is 2.76. The number of ether oxygens (including phenoxy) is 1. The van der Waals surface area contributed by atoms with E-state index >= 15 is 0 Å². The van der Waals surface area contributed by atoms with Gasteiger partial charge in [0.05, 0.1) is 13.7 Å². The number of benzene rings is 2. The molecule has 3 aromatic rings. The third-order valence-electron chi connectivity index (χ3n) is 4.22. The topological polar surface area (TPSA) is 78.2 Å². The molecule has 0 radical (unpaired) electrons. The van der Waals surface area contributed by atoms with Crippen molar-refractivity contribution in [1.82, 2.24) is 14.1 Å². The lowest BCUT2D eigenvalue weighted by Crippen LogP contribution is -2.43. The minimum atomic E-state index is -0.633. The Hall–Kier alpha value is -3.42. The SMILES string of the molecule is COc1ccc(Nc2nc(=O)n(C(C)C)c(=O)n2Cc2ccc(F)cc2)cc1. The molecule has 8 heteroatoms. The van der Waals surface area contributed by atoms with E-state index in [4.69, 9.17) is 4.74 Å². The number of nitrogens with zero attached hydrogens (tertiary/aromatic N) is 3. The molecule has 0 spiro atoms. The molecule has 1 N–H and O–H groups in total. The van der Waals surface area contributed by atoms with E-state index in [0.717, 1.165) is 4.57 Å². The molecule has 0 aliphatic carbocycles. The first-order valence-electron chi connectivity index (χ1n) is 8.78. The van der Waals surface area contributed by atoms with Crippen LogP contribution in [-0.2, 0) is 6.54 Å². The summed E-state index contributed by atoms with van der Waals surface area (Å²) in [5, 5.41) is 3.01. The van der Waals surface area contributed by atoms with Crippen LogP contribution in [0.3, 0.4) is 0 Å². The maximum atomic E-state index is 13.2. The van der Waals surface area contributed by atoms with Crippen LogP contribution in [0.1, 0.15) is 25.5 Å². The Morgan fingerprint density at radius 1 is 1.07 bits per heavy atom. The summed E-state index contributed by atoms with van der Waals surface area (Å²) in [5.41, 5.74) is 0.223. The average Bonchev–Trinajstić information content (AvgIpc) is 2.66. The zero-order chi connectivity index (χ0) is 20.3. The van der Waals surface area contributed by atoms with Gasteiger partial charge in [-0.15, -0.1) is 0 Å². The van der Waals surface area contributed by atoms with Crippen molar-refractivity contribution in [1.29, 1.82) is 0 Å². The number of rotatable bonds is 6. The van der Waals surface area contributed by atoms with Crippen molar-refractivity contribution >= 4 is 11.6 Å². The molecule has 7 nitrogen and oxygen atoms in total. The Bertz CT molecular complexity index is 1070. The fourth-order valence-electron chi connectivity index (χ4n) is 2.76. The van der Waals surface area contributed by atoms with Crippen LogP contribution in [0, 0.1) is 5.82 Å². The molecule has 0 aliphatic heterocycles. The van der Waals surface area contributed by atoms with Gasteiger partial charge in [0.25, 0.3) is 0 Å². The second-order valence-electron chi connectivity index (χ2n) is 6.53. The lowest BCUT2D eigenvalue weighted by molar-refractivity contribution is 0.415. The lowest BCUT2D eigenvalue weighted by atomic mass is 10.2. The first kappa shape index (κ1) is 19.3. The number of methoxy groups -OCH3 is 1. The molecule has 1 heterocycles. The number of hydrogen-bond acceptors (Lipinski definition) is 5. The molecule has 146 valence electrons. The third-order valence-corrected chi connectivity index (χ3v) is 4.22. The van der Waals surface area contributed by atoms with Gasteiger partial charge in [-0.1, -0.05) is 12.1 Å². The van der Waals surface area contributed by atoms with Crippen molar-refractivity contribution in [3.63, 3.8) is 0 Å². The van der Waals surface area contributed by atoms with E-state index in [1.807, 2.05) is 0 Å². The van der Waals surface area contributed by atoms with E-state index in [-0.39, 0.29) is 24.4 Å². The Morgan fingerprint density at radius 3 is 2.29 bits per heavy atom. The molecule has 0 atom stereocenters. The summed E-state index contributed by atoms with van der Waals surface area (Å²) in [4.78, 5) is 29.4. The monoisotopic (exact) mass is 384 g/mol. The third kappa shape index (κ3) is 4.11. The van der Waals surface area contributed by atoms with Gasteiger partial charge in [0.2, 0.25) is 5.95 Å². The summed E-state index contributed by atoms with van der Waals surface area (Å²) < 4.78 is 20.8. The maximum Gasteiger partial charge on any atom is 0.355 e. The van der Waals surface area contributed by atoms with Crippen molar-refractivity contribution in [2.24, 2.45) is 0 Å². The lowest BCUT2D eigenvalue weighted by Gasteiger charge is -2.17. The Balaban J connectivity index is 2.07. The van der Waals surface area contributed by atoms with Gasteiger partial charge in [-0.2, -0.15) is 4.98 Å². The molecule has 0 amide bonds. The molecule has 0 fully saturated rings. The van der Waals surface area contributed by atoms with Gasteiger partial charge in [-0.05, 0) is 55.8 Å². The van der Waals surface area contributed by atoms with Crippen LogP contribution in [0.15, 0.2) is 58.1 Å². The molecular weight excluding hydrogens is 363 g/mol. The maximum absolute atomic E-state index is 13.2. The largest absolute Gasteiger partial charge is 0.497 e. The number of anilines is 2. The summed E-state index contributed by atoms with van der Waals surface area (Å²) in [6.07, 6.45) is 0. The molecule has 0 saturated carbocycles. The summed E-state index contributed by atoms with van der Waals surface area (Å²) in [5.74, 6) is 0.428. The first-order valence-corrected chi connectivity index (χ1v) is 8.78. The Labute approximate surface area is 161 Å². The highest BCUT2D eigenvalue weighted by Gasteiger charge is 2.16. The van der Waals surface area contributed by atoms with E-state index in [9.17, 15) is 14.0 Å². The molecule has 2 aromatic carbocycles. The minimum absolute atomic E-state index is 0.112. The van der Waals surface area contributed by atoms with Crippen molar-refractivity contribution in [2.45, 2.75) is 26.4 Å². The van der Waals surface area contributed by atoms with Crippen LogP contribution in [0.4, 0.5) is 16.0 Å². The summed E-state index contributed by atoms with van der Waals surface area (Å²) in [7, 11) is 1.57. The normalized spacial score (nSPS) is 10.9. The minimum Gasteiger partial charge on any atom is -0.497 e. The van der Waals surface area contributed by atoms with Crippen LogP contribution in [0.25, 0.3) is 0 Å². The summed E-state index contributed by atoms with van der Waals surface area (Å²) in [6, 6.07) is 12.5. The van der Waals surface area contributed by atoms with Crippen molar-refractivity contribution in [3.8, 4) is 5.75 Å². The standard InChI is InChI=1S/C20H21FN4O3/c1-13(2)25-19(26)23-18(22-16-8-10-17(28-3)11-9-16)24(20(25)27)12-14-4-6-15(21)7-5-14/h4-11,13H,12H2,1-3H3,(H,22,23,26). The number of nitrogens with one attached hydrogen (secondary N) is 1. The summed E-state index contributed by atoms with van der Waals surface area (Å²) in [6.45, 7) is 3.62. The highest BCUT2D eigenvalue weighted by atomic mass is 19.1. The molecule has 28 heavy (non-hydrogen) atoms. The average molecular weight is 384 g/mol. The van der Waals surface area contributed by atoms with Crippen molar-refractivity contribution in [3.05, 3.63) is 80.9 Å². The quantitative estimate of drug-likeness (QED) is 0.707. The van der Waals surface area contributed by atoms with E-state index in [0.29, 0.717) is 17.0 Å². The second-order valence-corrected chi connectivity index (χ2v) is 6.53. The fraction of sp³-hybridized carbons (Fsp3) is 0.250. The van der Waals surface area contributed by atoms with Gasteiger partial charge in [0, 0.05) is 11.7 Å². The van der Waals surface area contributed by atoms with Gasteiger partial charge in [0.15, 0.2) is 0 Å². The Morgan fingerprint density at radius 2 is 1.71 bits per heavy atom. The molecule has 0 unspecified atom stereocenters. The summed E-state index contributed by atoms with van der Waals surface area (Å²) >= 11 is 0. The predicted molar refractivity (Wildman–Crippen MR) is 105 cm³/mol. The van der Waals surface area contributed by atoms with Crippen LogP contribution >= 0.6 is 0 Å². The molecule has 0 bridgehead atoms. The van der Waals surface area contributed by atoms with Gasteiger partial charge in [-0.3, -0.25) is 4.57 Å². The van der Waals surface area contributed by atoms with Crippen molar-refractivity contribution in [2.75, 3.05) is 12.4 Å². The Kier molecular flexibility index (Phi) is 5.58. The highest BCUT2D eigenvalue weighted by Crippen LogP contribution is 2.18. The first-order chi connectivity index (χ1) is 13.4. The van der Waals surface area contributed by atoms with Crippen LogP contribution in [-0.4, -0.2) is 21.2 Å². The molecular formula is C20H21FN4O3. The molecule has 0 aliphatic rings. The van der Waals surface area contributed by atoms with Gasteiger partial charge in [-0.25, -0.2) is 18.5 Å². The number of halogens is 1. The molecule has 3 rings (SSSR count). The van der Waals surface area contributed by atoms with E-state index in [2.05, 4.69) is 10.3 Å². The van der Waals surface area contributed by atoms with Crippen molar-refractivity contribution < 1.29 is 9.13 Å². The molecule has 1 aromatic heterocycles. The van der Waals surface area contributed by atoms with Crippen LogP contribution in [0.5, 0.6) is 5.75 Å². The van der Waals surface area contributed by atoms with Crippen LogP contribution in [0.2, 0.25) is 0 Å².